The summed E-state index contributed by atoms with van der Waals surface area (Å²) in [6.45, 7) is 13.1. The van der Waals surface area contributed by atoms with Crippen molar-refractivity contribution in [1.29, 1.82) is 0 Å². The summed E-state index contributed by atoms with van der Waals surface area (Å²) < 4.78 is 0. The van der Waals surface area contributed by atoms with Crippen molar-refractivity contribution in [3.05, 3.63) is 0 Å². The number of unbranched alkanes of at least 4 members (excludes halogenated alkanes) is 4. The number of hydrogen-bond acceptors (Lipinski definition) is 2. The van der Waals surface area contributed by atoms with E-state index in [1.165, 1.54) is 71.0 Å². The lowest BCUT2D eigenvalue weighted by molar-refractivity contribution is 0.101. The molecule has 2 nitrogen and oxygen atoms in total. The number of nitrogens with zero attached hydrogens (tertiary/aromatic N) is 1. The predicted octanol–water partition coefficient (Wildman–Crippen LogP) is 4.45. The molecule has 1 N–H and O–H groups in total. The predicted molar refractivity (Wildman–Crippen MR) is 90.3 cm³/mol. The molecule has 1 fully saturated rings. The minimum absolute atomic E-state index is 0.712. The van der Waals surface area contributed by atoms with Gasteiger partial charge in [0.2, 0.25) is 0 Å². The van der Waals surface area contributed by atoms with Crippen molar-refractivity contribution in [2.24, 2.45) is 5.92 Å². The van der Waals surface area contributed by atoms with Crippen LogP contribution in [0.15, 0.2) is 0 Å². The Morgan fingerprint density at radius 1 is 1.05 bits per heavy atom. The molecule has 3 atom stereocenters. The maximum atomic E-state index is 3.80. The third-order valence-corrected chi connectivity index (χ3v) is 5.06. The Morgan fingerprint density at radius 3 is 2.45 bits per heavy atom. The van der Waals surface area contributed by atoms with Gasteiger partial charge in [-0.2, -0.15) is 0 Å². The van der Waals surface area contributed by atoms with Gasteiger partial charge in [0.1, 0.15) is 0 Å². The number of nitrogens with one attached hydrogen (secondary N) is 1. The fraction of sp³-hybridized carbons (Fsp3) is 1.00. The Labute approximate surface area is 127 Å². The maximum Gasteiger partial charge on any atom is 0.0221 e. The molecule has 0 saturated carbocycles. The molecule has 0 spiro atoms. The van der Waals surface area contributed by atoms with E-state index >= 15 is 0 Å². The smallest absolute Gasteiger partial charge is 0.0221 e. The van der Waals surface area contributed by atoms with Crippen LogP contribution in [0.3, 0.4) is 0 Å². The van der Waals surface area contributed by atoms with Gasteiger partial charge in [0, 0.05) is 25.2 Å². The summed E-state index contributed by atoms with van der Waals surface area (Å²) >= 11 is 0. The Kier molecular flexibility index (Phi) is 9.54. The van der Waals surface area contributed by atoms with Gasteiger partial charge < -0.3 is 5.32 Å². The highest BCUT2D eigenvalue weighted by Gasteiger charge is 2.28. The van der Waals surface area contributed by atoms with E-state index in [1.54, 1.807) is 0 Å². The molecule has 20 heavy (non-hydrogen) atoms. The highest BCUT2D eigenvalue weighted by atomic mass is 15.2. The molecule has 1 heterocycles. The fourth-order valence-electron chi connectivity index (χ4n) is 3.36. The van der Waals surface area contributed by atoms with Crippen LogP contribution in [0.5, 0.6) is 0 Å². The van der Waals surface area contributed by atoms with Crippen molar-refractivity contribution in [1.82, 2.24) is 10.2 Å². The quantitative estimate of drug-likeness (QED) is 0.596. The molecular formula is C18H38N2. The van der Waals surface area contributed by atoms with Crippen LogP contribution in [0.2, 0.25) is 0 Å². The van der Waals surface area contributed by atoms with E-state index in [1.807, 2.05) is 0 Å². The molecule has 120 valence electrons. The van der Waals surface area contributed by atoms with Crippen LogP contribution in [-0.4, -0.2) is 36.6 Å². The van der Waals surface area contributed by atoms with Crippen molar-refractivity contribution in [3.8, 4) is 0 Å². The lowest BCUT2D eigenvalue weighted by Crippen LogP contribution is -2.58. The minimum Gasteiger partial charge on any atom is -0.311 e. The zero-order valence-corrected chi connectivity index (χ0v) is 14.5. The molecule has 1 saturated heterocycles. The van der Waals surface area contributed by atoms with E-state index < -0.39 is 0 Å². The minimum atomic E-state index is 0.712. The zero-order valence-electron chi connectivity index (χ0n) is 14.5. The molecule has 2 heteroatoms. The molecule has 0 aromatic rings. The number of rotatable bonds is 10. The highest BCUT2D eigenvalue weighted by molar-refractivity contribution is 4.88. The third kappa shape index (κ3) is 6.13. The molecule has 0 bridgehead atoms. The van der Waals surface area contributed by atoms with Crippen molar-refractivity contribution in [2.75, 3.05) is 19.6 Å². The summed E-state index contributed by atoms with van der Waals surface area (Å²) in [4.78, 5) is 2.79. The van der Waals surface area contributed by atoms with Crippen LogP contribution in [0.25, 0.3) is 0 Å². The van der Waals surface area contributed by atoms with Crippen LogP contribution >= 0.6 is 0 Å². The second-order valence-corrected chi connectivity index (χ2v) is 6.75. The van der Waals surface area contributed by atoms with Crippen LogP contribution < -0.4 is 5.32 Å². The second-order valence-electron chi connectivity index (χ2n) is 6.75. The fourth-order valence-corrected chi connectivity index (χ4v) is 3.36. The van der Waals surface area contributed by atoms with Crippen LogP contribution in [-0.2, 0) is 0 Å². The molecule has 1 aliphatic rings. The summed E-state index contributed by atoms with van der Waals surface area (Å²) in [7, 11) is 0. The van der Waals surface area contributed by atoms with Crippen molar-refractivity contribution in [2.45, 2.75) is 91.1 Å². The van der Waals surface area contributed by atoms with Crippen LogP contribution in [0, 0.1) is 5.92 Å². The van der Waals surface area contributed by atoms with Crippen LogP contribution in [0.4, 0.5) is 0 Å². The molecule has 0 aliphatic carbocycles. The summed E-state index contributed by atoms with van der Waals surface area (Å²) in [6, 6.07) is 1.50. The largest absolute Gasteiger partial charge is 0.311 e. The van der Waals surface area contributed by atoms with Gasteiger partial charge in [-0.1, -0.05) is 66.2 Å². The van der Waals surface area contributed by atoms with Crippen molar-refractivity contribution >= 4 is 0 Å². The molecule has 1 aliphatic heterocycles. The monoisotopic (exact) mass is 282 g/mol. The molecular weight excluding hydrogens is 244 g/mol. The van der Waals surface area contributed by atoms with E-state index in [0.717, 1.165) is 12.0 Å². The standard InChI is InChI=1S/C18H38N2/c1-5-8-9-10-11-13-20-15-18(16(4)7-3)19-14-17(20)12-6-2/h16-19H,5-15H2,1-4H3. The topological polar surface area (TPSA) is 15.3 Å². The van der Waals surface area contributed by atoms with Gasteiger partial charge in [0.15, 0.2) is 0 Å². The first-order valence-electron chi connectivity index (χ1n) is 9.20. The number of hydrogen-bond donors (Lipinski definition) is 1. The Morgan fingerprint density at radius 2 is 1.80 bits per heavy atom. The maximum absolute atomic E-state index is 3.80. The molecule has 3 unspecified atom stereocenters. The van der Waals surface area contributed by atoms with Crippen LogP contribution in [0.1, 0.15) is 79.1 Å². The zero-order chi connectivity index (χ0) is 14.8. The normalized spacial score (nSPS) is 25.8. The first kappa shape index (κ1) is 18.0. The molecule has 0 aromatic heterocycles. The van der Waals surface area contributed by atoms with Gasteiger partial charge in [-0.3, -0.25) is 4.90 Å². The number of piperazine rings is 1. The molecule has 1 rings (SSSR count). The van der Waals surface area contributed by atoms with E-state index in [4.69, 9.17) is 0 Å². The van der Waals surface area contributed by atoms with Gasteiger partial charge in [-0.05, 0) is 25.3 Å². The van der Waals surface area contributed by atoms with Gasteiger partial charge in [0.25, 0.3) is 0 Å². The molecule has 0 aromatic carbocycles. The third-order valence-electron chi connectivity index (χ3n) is 5.06. The second kappa shape index (κ2) is 10.6. The average molecular weight is 283 g/mol. The Balaban J connectivity index is 2.38. The van der Waals surface area contributed by atoms with Crippen molar-refractivity contribution < 1.29 is 0 Å². The van der Waals surface area contributed by atoms with Gasteiger partial charge in [-0.15, -0.1) is 0 Å². The summed E-state index contributed by atoms with van der Waals surface area (Å²) in [5.41, 5.74) is 0. The molecule has 0 amide bonds. The summed E-state index contributed by atoms with van der Waals surface area (Å²) in [5.74, 6) is 0.806. The van der Waals surface area contributed by atoms with Gasteiger partial charge >= 0.3 is 0 Å². The average Bonchev–Trinajstić information content (AvgIpc) is 2.48. The van der Waals surface area contributed by atoms with E-state index in [9.17, 15) is 0 Å². The highest BCUT2D eigenvalue weighted by Crippen LogP contribution is 2.19. The Bertz CT molecular complexity index is 229. The van der Waals surface area contributed by atoms with E-state index in [-0.39, 0.29) is 0 Å². The summed E-state index contributed by atoms with van der Waals surface area (Å²) in [5, 5.41) is 3.80. The molecule has 0 radical (unpaired) electrons. The van der Waals surface area contributed by atoms with E-state index in [0.29, 0.717) is 6.04 Å². The SMILES string of the molecule is CCCCCCCN1CC(C(C)CC)NCC1CCC. The van der Waals surface area contributed by atoms with Gasteiger partial charge in [-0.25, -0.2) is 0 Å². The first-order valence-corrected chi connectivity index (χ1v) is 9.20. The van der Waals surface area contributed by atoms with Crippen molar-refractivity contribution in [3.63, 3.8) is 0 Å². The first-order chi connectivity index (χ1) is 9.72. The Hall–Kier alpha value is -0.0800. The van der Waals surface area contributed by atoms with E-state index in [2.05, 4.69) is 37.9 Å². The lowest BCUT2D eigenvalue weighted by Gasteiger charge is -2.42. The van der Waals surface area contributed by atoms with Gasteiger partial charge in [0.05, 0.1) is 0 Å². The summed E-state index contributed by atoms with van der Waals surface area (Å²) in [6.07, 6.45) is 11.0. The lowest BCUT2D eigenvalue weighted by atomic mass is 9.94.